The molecule has 0 N–H and O–H groups in total. The Kier molecular flexibility index (Phi) is 5.14. The second kappa shape index (κ2) is 7.26. The fourth-order valence-corrected chi connectivity index (χ4v) is 2.07. The van der Waals surface area contributed by atoms with Crippen molar-refractivity contribution < 1.29 is 9.90 Å². The first-order valence-electron chi connectivity index (χ1n) is 6.58. The number of benzene rings is 1. The van der Waals surface area contributed by atoms with Crippen molar-refractivity contribution in [3.63, 3.8) is 0 Å². The van der Waals surface area contributed by atoms with Crippen LogP contribution in [0.3, 0.4) is 0 Å². The predicted molar refractivity (Wildman–Crippen MR) is 81.5 cm³/mol. The number of nitrogens with zero attached hydrogens (tertiary/aromatic N) is 4. The first-order valence-corrected chi connectivity index (χ1v) is 6.96. The fourth-order valence-electron chi connectivity index (χ4n) is 1.95. The van der Waals surface area contributed by atoms with Gasteiger partial charge >= 0.3 is 0 Å². The third kappa shape index (κ3) is 3.97. The lowest BCUT2D eigenvalue weighted by molar-refractivity contribution is -0.298. The van der Waals surface area contributed by atoms with Crippen LogP contribution in [0.2, 0.25) is 5.02 Å². The SMILES string of the molecule is N#CCCn1cc(/C=C(\C#N)C(=O)[O-])c(-c2ccc(Cl)cc2)n1. The topological polar surface area (TPSA) is 106 Å². The fraction of sp³-hybridized carbons (Fsp3) is 0.125. The van der Waals surface area contributed by atoms with Gasteiger partial charge in [0.15, 0.2) is 0 Å². The number of hydrogen-bond donors (Lipinski definition) is 0. The maximum absolute atomic E-state index is 10.9. The van der Waals surface area contributed by atoms with Crippen molar-refractivity contribution in [3.8, 4) is 23.4 Å². The molecule has 2 rings (SSSR count). The van der Waals surface area contributed by atoms with Gasteiger partial charge in [0.25, 0.3) is 0 Å². The van der Waals surface area contributed by atoms with Crippen LogP contribution in [0.25, 0.3) is 17.3 Å². The lowest BCUT2D eigenvalue weighted by Crippen LogP contribution is -2.23. The number of carbonyl (C=O) groups excluding carboxylic acids is 1. The molecule has 1 aromatic carbocycles. The normalized spacial score (nSPS) is 10.8. The van der Waals surface area contributed by atoms with E-state index in [0.29, 0.717) is 28.4 Å². The molecule has 0 unspecified atom stereocenters. The van der Waals surface area contributed by atoms with Crippen molar-refractivity contribution in [1.29, 1.82) is 10.5 Å². The Morgan fingerprint density at radius 3 is 2.61 bits per heavy atom. The van der Waals surface area contributed by atoms with Gasteiger partial charge in [0.1, 0.15) is 6.07 Å². The highest BCUT2D eigenvalue weighted by molar-refractivity contribution is 6.30. The molecule has 0 aliphatic carbocycles. The van der Waals surface area contributed by atoms with E-state index in [1.54, 1.807) is 36.5 Å². The number of aliphatic carboxylic acids is 1. The molecule has 0 saturated heterocycles. The van der Waals surface area contributed by atoms with Crippen LogP contribution < -0.4 is 5.11 Å². The van der Waals surface area contributed by atoms with Gasteiger partial charge in [-0.15, -0.1) is 0 Å². The largest absolute Gasteiger partial charge is 0.544 e. The Hall–Kier alpha value is -3.09. The molecule has 0 fully saturated rings. The number of nitriles is 2. The molecular formula is C16H10ClN4O2-. The molecule has 2 aromatic rings. The quantitative estimate of drug-likeness (QED) is 0.615. The highest BCUT2D eigenvalue weighted by Gasteiger charge is 2.11. The van der Waals surface area contributed by atoms with Crippen LogP contribution in [0, 0.1) is 22.7 Å². The van der Waals surface area contributed by atoms with Crippen LogP contribution in [0.5, 0.6) is 0 Å². The van der Waals surface area contributed by atoms with E-state index in [0.717, 1.165) is 0 Å². The van der Waals surface area contributed by atoms with Gasteiger partial charge in [0.05, 0.1) is 36.3 Å². The second-order valence-electron chi connectivity index (χ2n) is 4.57. The number of carboxylic acid groups (broad SMARTS) is 1. The average molecular weight is 326 g/mol. The lowest BCUT2D eigenvalue weighted by Gasteiger charge is -2.01. The summed E-state index contributed by atoms with van der Waals surface area (Å²) in [5, 5.41) is 33.4. The Balaban J connectivity index is 2.53. The third-order valence-corrected chi connectivity index (χ3v) is 3.25. The van der Waals surface area contributed by atoms with E-state index in [9.17, 15) is 9.90 Å². The van der Waals surface area contributed by atoms with Crippen molar-refractivity contribution in [2.45, 2.75) is 13.0 Å². The molecule has 0 atom stereocenters. The van der Waals surface area contributed by atoms with Gasteiger partial charge in [-0.3, -0.25) is 4.68 Å². The minimum atomic E-state index is -1.56. The molecule has 0 aliphatic heterocycles. The molecule has 0 amide bonds. The van der Waals surface area contributed by atoms with Gasteiger partial charge in [-0.1, -0.05) is 23.7 Å². The predicted octanol–water partition coefficient (Wildman–Crippen LogP) is 1.77. The van der Waals surface area contributed by atoms with E-state index in [2.05, 4.69) is 5.10 Å². The Labute approximate surface area is 137 Å². The van der Waals surface area contributed by atoms with E-state index in [1.807, 2.05) is 6.07 Å². The van der Waals surface area contributed by atoms with Crippen LogP contribution >= 0.6 is 11.6 Å². The summed E-state index contributed by atoms with van der Waals surface area (Å²) in [6.45, 7) is 0.359. The first-order chi connectivity index (χ1) is 11.0. The van der Waals surface area contributed by atoms with Crippen LogP contribution in [-0.2, 0) is 11.3 Å². The van der Waals surface area contributed by atoms with E-state index in [4.69, 9.17) is 22.1 Å². The molecule has 0 spiro atoms. The van der Waals surface area contributed by atoms with E-state index in [-0.39, 0.29) is 6.42 Å². The van der Waals surface area contributed by atoms with Crippen LogP contribution in [-0.4, -0.2) is 15.7 Å². The van der Waals surface area contributed by atoms with E-state index >= 15 is 0 Å². The van der Waals surface area contributed by atoms with Crippen molar-refractivity contribution in [2.75, 3.05) is 0 Å². The van der Waals surface area contributed by atoms with Crippen molar-refractivity contribution >= 4 is 23.6 Å². The lowest BCUT2D eigenvalue weighted by atomic mass is 10.1. The van der Waals surface area contributed by atoms with Crippen LogP contribution in [0.4, 0.5) is 0 Å². The molecule has 0 bridgehead atoms. The van der Waals surface area contributed by atoms with Gasteiger partial charge in [0, 0.05) is 22.3 Å². The van der Waals surface area contributed by atoms with Crippen molar-refractivity contribution in [1.82, 2.24) is 9.78 Å². The maximum atomic E-state index is 10.9. The number of halogens is 1. The molecule has 6 nitrogen and oxygen atoms in total. The molecule has 7 heteroatoms. The third-order valence-electron chi connectivity index (χ3n) is 3.00. The summed E-state index contributed by atoms with van der Waals surface area (Å²) in [5.74, 6) is -1.56. The number of carboxylic acids is 1. The summed E-state index contributed by atoms with van der Waals surface area (Å²) in [4.78, 5) is 10.9. The average Bonchev–Trinajstić information content (AvgIpc) is 2.94. The molecular weight excluding hydrogens is 316 g/mol. The summed E-state index contributed by atoms with van der Waals surface area (Å²) in [6.07, 6.45) is 3.05. The van der Waals surface area contributed by atoms with Crippen LogP contribution in [0.1, 0.15) is 12.0 Å². The zero-order valence-corrected chi connectivity index (χ0v) is 12.6. The minimum absolute atomic E-state index is 0.260. The monoisotopic (exact) mass is 325 g/mol. The summed E-state index contributed by atoms with van der Waals surface area (Å²) in [6, 6.07) is 10.4. The van der Waals surface area contributed by atoms with E-state index < -0.39 is 11.5 Å². The number of aromatic nitrogens is 2. The standard InChI is InChI=1S/C16H11ClN4O2/c17-14-4-2-11(3-5-14)15-13(8-12(9-19)16(22)23)10-21(20-15)7-1-6-18/h2-5,8,10H,1,7H2,(H,22,23)/p-1/b12-8+. The van der Waals surface area contributed by atoms with Gasteiger partial charge in [-0.05, 0) is 18.2 Å². The number of aryl methyl sites for hydroxylation is 1. The number of hydrogen-bond acceptors (Lipinski definition) is 5. The number of carbonyl (C=O) groups is 1. The summed E-state index contributed by atoms with van der Waals surface area (Å²) in [7, 11) is 0. The molecule has 1 heterocycles. The summed E-state index contributed by atoms with van der Waals surface area (Å²) < 4.78 is 1.53. The Bertz CT molecular complexity index is 838. The summed E-state index contributed by atoms with van der Waals surface area (Å²) >= 11 is 5.86. The zero-order valence-electron chi connectivity index (χ0n) is 11.9. The second-order valence-corrected chi connectivity index (χ2v) is 5.00. The van der Waals surface area contributed by atoms with Crippen molar-refractivity contribution in [3.05, 3.63) is 46.6 Å². The van der Waals surface area contributed by atoms with Gasteiger partial charge in [0.2, 0.25) is 0 Å². The molecule has 1 aromatic heterocycles. The maximum Gasteiger partial charge on any atom is 0.101 e. The van der Waals surface area contributed by atoms with E-state index in [1.165, 1.54) is 10.8 Å². The first kappa shape index (κ1) is 16.3. The van der Waals surface area contributed by atoms with Crippen LogP contribution in [0.15, 0.2) is 36.0 Å². The Morgan fingerprint density at radius 1 is 1.35 bits per heavy atom. The highest BCUT2D eigenvalue weighted by atomic mass is 35.5. The number of rotatable bonds is 5. The zero-order chi connectivity index (χ0) is 16.8. The summed E-state index contributed by atoms with van der Waals surface area (Å²) in [5.41, 5.74) is 1.16. The van der Waals surface area contributed by atoms with Gasteiger partial charge < -0.3 is 9.90 Å². The smallest absolute Gasteiger partial charge is 0.101 e. The molecule has 0 saturated carbocycles. The van der Waals surface area contributed by atoms with Crippen molar-refractivity contribution in [2.24, 2.45) is 0 Å². The minimum Gasteiger partial charge on any atom is -0.544 e. The molecule has 0 radical (unpaired) electrons. The van der Waals surface area contributed by atoms with Gasteiger partial charge in [-0.2, -0.15) is 15.6 Å². The molecule has 0 aliphatic rings. The van der Waals surface area contributed by atoms with Gasteiger partial charge in [-0.25, -0.2) is 0 Å². The molecule has 114 valence electrons. The Morgan fingerprint density at radius 2 is 2.04 bits per heavy atom. The molecule has 23 heavy (non-hydrogen) atoms. The highest BCUT2D eigenvalue weighted by Crippen LogP contribution is 2.25.